The number of aromatic amines is 1. The molecule has 0 saturated carbocycles. The molecule has 3 N–H and O–H groups in total. The SMILES string of the molecule is Cc1cscc1-c1ncc(CN)[nH]1. The van der Waals surface area contributed by atoms with E-state index in [4.69, 9.17) is 5.73 Å². The molecule has 13 heavy (non-hydrogen) atoms. The van der Waals surface area contributed by atoms with Gasteiger partial charge in [-0.15, -0.1) is 0 Å². The van der Waals surface area contributed by atoms with Crippen molar-refractivity contribution in [1.29, 1.82) is 0 Å². The van der Waals surface area contributed by atoms with E-state index in [1.807, 2.05) is 0 Å². The zero-order valence-corrected chi connectivity index (χ0v) is 8.19. The monoisotopic (exact) mass is 193 g/mol. The lowest BCUT2D eigenvalue weighted by atomic mass is 10.2. The van der Waals surface area contributed by atoms with Gasteiger partial charge in [0.2, 0.25) is 0 Å². The molecule has 0 atom stereocenters. The first-order chi connectivity index (χ1) is 6.31. The predicted molar refractivity (Wildman–Crippen MR) is 54.5 cm³/mol. The normalized spacial score (nSPS) is 10.6. The average Bonchev–Trinajstić information content (AvgIpc) is 2.71. The molecule has 0 aliphatic rings. The van der Waals surface area contributed by atoms with E-state index in [2.05, 4.69) is 27.7 Å². The van der Waals surface area contributed by atoms with E-state index < -0.39 is 0 Å². The summed E-state index contributed by atoms with van der Waals surface area (Å²) in [5.74, 6) is 0.916. The van der Waals surface area contributed by atoms with E-state index in [9.17, 15) is 0 Å². The van der Waals surface area contributed by atoms with Gasteiger partial charge in [-0.2, -0.15) is 11.3 Å². The van der Waals surface area contributed by atoms with E-state index in [1.165, 1.54) is 11.1 Å². The Hall–Kier alpha value is -1.13. The zero-order chi connectivity index (χ0) is 9.26. The van der Waals surface area contributed by atoms with Crippen LogP contribution in [0, 0.1) is 6.92 Å². The van der Waals surface area contributed by atoms with Gasteiger partial charge in [0.1, 0.15) is 5.82 Å². The summed E-state index contributed by atoms with van der Waals surface area (Å²) in [6, 6.07) is 0. The highest BCUT2D eigenvalue weighted by atomic mass is 32.1. The quantitative estimate of drug-likeness (QED) is 0.765. The van der Waals surface area contributed by atoms with Crippen LogP contribution in [0.15, 0.2) is 17.0 Å². The summed E-state index contributed by atoms with van der Waals surface area (Å²) >= 11 is 1.69. The van der Waals surface area contributed by atoms with Crippen molar-refractivity contribution in [2.75, 3.05) is 0 Å². The molecule has 2 aromatic heterocycles. The first-order valence-electron chi connectivity index (χ1n) is 4.08. The molecule has 2 rings (SSSR count). The van der Waals surface area contributed by atoms with Crippen molar-refractivity contribution in [2.45, 2.75) is 13.5 Å². The number of nitrogens with one attached hydrogen (secondary N) is 1. The second-order valence-corrected chi connectivity index (χ2v) is 3.67. The van der Waals surface area contributed by atoms with Crippen LogP contribution in [-0.4, -0.2) is 9.97 Å². The fraction of sp³-hybridized carbons (Fsp3) is 0.222. The summed E-state index contributed by atoms with van der Waals surface area (Å²) in [6.45, 7) is 2.59. The minimum absolute atomic E-state index is 0.510. The lowest BCUT2D eigenvalue weighted by Gasteiger charge is -1.93. The van der Waals surface area contributed by atoms with E-state index in [0.29, 0.717) is 6.54 Å². The number of nitrogens with zero attached hydrogens (tertiary/aromatic N) is 1. The molecule has 0 unspecified atom stereocenters. The Morgan fingerprint density at radius 2 is 2.38 bits per heavy atom. The number of aryl methyl sites for hydroxylation is 1. The molecular formula is C9H11N3S. The maximum Gasteiger partial charge on any atom is 0.138 e. The zero-order valence-electron chi connectivity index (χ0n) is 7.37. The minimum atomic E-state index is 0.510. The Morgan fingerprint density at radius 1 is 1.54 bits per heavy atom. The highest BCUT2D eigenvalue weighted by Gasteiger charge is 2.05. The first-order valence-corrected chi connectivity index (χ1v) is 5.02. The molecule has 0 amide bonds. The van der Waals surface area contributed by atoms with E-state index >= 15 is 0 Å². The standard InChI is InChI=1S/C9H11N3S/c1-6-4-13-5-8(6)9-11-3-7(2-10)12-9/h3-5H,2,10H2,1H3,(H,11,12). The third-order valence-corrected chi connectivity index (χ3v) is 2.82. The van der Waals surface area contributed by atoms with Crippen LogP contribution in [0.3, 0.4) is 0 Å². The smallest absolute Gasteiger partial charge is 0.138 e. The maximum atomic E-state index is 5.49. The van der Waals surface area contributed by atoms with Crippen molar-refractivity contribution in [3.05, 3.63) is 28.2 Å². The number of aromatic nitrogens is 2. The van der Waals surface area contributed by atoms with Crippen molar-refractivity contribution >= 4 is 11.3 Å². The molecule has 0 aromatic carbocycles. The summed E-state index contributed by atoms with van der Waals surface area (Å²) in [5, 5.41) is 4.20. The number of imidazole rings is 1. The lowest BCUT2D eigenvalue weighted by Crippen LogP contribution is -1.95. The highest BCUT2D eigenvalue weighted by molar-refractivity contribution is 7.08. The van der Waals surface area contributed by atoms with Gasteiger partial charge in [0.05, 0.1) is 0 Å². The lowest BCUT2D eigenvalue weighted by molar-refractivity contribution is 1.01. The molecule has 0 spiro atoms. The van der Waals surface area contributed by atoms with Crippen LogP contribution < -0.4 is 5.73 Å². The molecule has 2 aromatic rings. The molecule has 0 fully saturated rings. The van der Waals surface area contributed by atoms with Crippen molar-refractivity contribution < 1.29 is 0 Å². The summed E-state index contributed by atoms with van der Waals surface area (Å²) in [5.41, 5.74) is 8.88. The number of hydrogen-bond acceptors (Lipinski definition) is 3. The number of nitrogens with two attached hydrogens (primary N) is 1. The summed E-state index contributed by atoms with van der Waals surface area (Å²) < 4.78 is 0. The van der Waals surface area contributed by atoms with Gasteiger partial charge in [0.15, 0.2) is 0 Å². The van der Waals surface area contributed by atoms with Crippen molar-refractivity contribution in [1.82, 2.24) is 9.97 Å². The van der Waals surface area contributed by atoms with Crippen molar-refractivity contribution in [2.24, 2.45) is 5.73 Å². The second-order valence-electron chi connectivity index (χ2n) is 2.93. The number of hydrogen-bond donors (Lipinski definition) is 2. The number of H-pyrrole nitrogens is 1. The highest BCUT2D eigenvalue weighted by Crippen LogP contribution is 2.23. The Balaban J connectivity index is 2.41. The first kappa shape index (κ1) is 8.47. The second kappa shape index (κ2) is 3.32. The van der Waals surface area contributed by atoms with Gasteiger partial charge in [-0.25, -0.2) is 4.98 Å². The van der Waals surface area contributed by atoms with Crippen LogP contribution in [0.4, 0.5) is 0 Å². The third kappa shape index (κ3) is 1.50. The van der Waals surface area contributed by atoms with Gasteiger partial charge in [-0.05, 0) is 17.9 Å². The fourth-order valence-corrected chi connectivity index (χ4v) is 2.04. The minimum Gasteiger partial charge on any atom is -0.341 e. The molecule has 0 bridgehead atoms. The summed E-state index contributed by atoms with van der Waals surface area (Å²) in [4.78, 5) is 7.44. The van der Waals surface area contributed by atoms with E-state index in [1.54, 1.807) is 17.5 Å². The molecule has 0 radical (unpaired) electrons. The Kier molecular flexibility index (Phi) is 2.16. The molecule has 3 nitrogen and oxygen atoms in total. The number of thiophene rings is 1. The summed E-state index contributed by atoms with van der Waals surface area (Å²) in [6.07, 6.45) is 1.78. The topological polar surface area (TPSA) is 54.7 Å². The molecule has 4 heteroatoms. The maximum absolute atomic E-state index is 5.49. The van der Waals surface area contributed by atoms with Crippen molar-refractivity contribution in [3.63, 3.8) is 0 Å². The molecular weight excluding hydrogens is 182 g/mol. The van der Waals surface area contributed by atoms with Gasteiger partial charge >= 0.3 is 0 Å². The van der Waals surface area contributed by atoms with Gasteiger partial charge in [0, 0.05) is 29.4 Å². The van der Waals surface area contributed by atoms with E-state index in [-0.39, 0.29) is 0 Å². The third-order valence-electron chi connectivity index (χ3n) is 1.96. The van der Waals surface area contributed by atoms with Gasteiger partial charge in [0.25, 0.3) is 0 Å². The van der Waals surface area contributed by atoms with Crippen LogP contribution in [-0.2, 0) is 6.54 Å². The number of rotatable bonds is 2. The van der Waals surface area contributed by atoms with Crippen LogP contribution in [0.5, 0.6) is 0 Å². The fourth-order valence-electron chi connectivity index (χ4n) is 1.20. The Labute approximate surface area is 80.6 Å². The molecule has 68 valence electrons. The average molecular weight is 193 g/mol. The van der Waals surface area contributed by atoms with Gasteiger partial charge in [-0.3, -0.25) is 0 Å². The molecule has 0 aliphatic carbocycles. The summed E-state index contributed by atoms with van der Waals surface area (Å²) in [7, 11) is 0. The van der Waals surface area contributed by atoms with Crippen LogP contribution in [0.25, 0.3) is 11.4 Å². The van der Waals surface area contributed by atoms with Gasteiger partial charge in [-0.1, -0.05) is 0 Å². The van der Waals surface area contributed by atoms with Gasteiger partial charge < -0.3 is 10.7 Å². The largest absolute Gasteiger partial charge is 0.341 e. The van der Waals surface area contributed by atoms with E-state index in [0.717, 1.165) is 11.5 Å². The predicted octanol–water partition coefficient (Wildman–Crippen LogP) is 1.91. The van der Waals surface area contributed by atoms with Crippen LogP contribution in [0.1, 0.15) is 11.3 Å². The molecule has 0 saturated heterocycles. The Morgan fingerprint density at radius 3 is 2.92 bits per heavy atom. The van der Waals surface area contributed by atoms with Crippen LogP contribution >= 0.6 is 11.3 Å². The molecule has 2 heterocycles. The molecule has 0 aliphatic heterocycles. The Bertz CT molecular complexity index is 402. The van der Waals surface area contributed by atoms with Crippen molar-refractivity contribution in [3.8, 4) is 11.4 Å². The van der Waals surface area contributed by atoms with Crippen LogP contribution in [0.2, 0.25) is 0 Å².